The van der Waals surface area contributed by atoms with Crippen LogP contribution >= 0.6 is 0 Å². The number of hydrogen-bond acceptors (Lipinski definition) is 3. The van der Waals surface area contributed by atoms with Crippen LogP contribution < -0.4 is 0 Å². The molecule has 2 fully saturated rings. The van der Waals surface area contributed by atoms with Gasteiger partial charge in [0.05, 0.1) is 18.2 Å². The normalized spacial score (nSPS) is 18.7. The number of benzene rings is 2. The number of rotatable bonds is 7. The first-order valence-corrected chi connectivity index (χ1v) is 10.7. The Morgan fingerprint density at radius 2 is 1.90 bits per heavy atom. The van der Waals surface area contributed by atoms with Crippen LogP contribution in [0.2, 0.25) is 0 Å². The number of likely N-dealkylation sites (tertiary alicyclic amines) is 1. The number of para-hydroxylation sites is 1. The van der Waals surface area contributed by atoms with Gasteiger partial charge in [-0.3, -0.25) is 9.78 Å². The highest BCUT2D eigenvalue weighted by Gasteiger charge is 2.38. The Kier molecular flexibility index (Phi) is 5.21. The van der Waals surface area contributed by atoms with Crippen LogP contribution in [0, 0.1) is 11.7 Å². The molecule has 2 heterocycles. The van der Waals surface area contributed by atoms with Gasteiger partial charge in [0, 0.05) is 24.5 Å². The van der Waals surface area contributed by atoms with Crippen molar-refractivity contribution in [1.82, 2.24) is 9.88 Å². The van der Waals surface area contributed by atoms with E-state index in [1.165, 1.54) is 25.0 Å². The van der Waals surface area contributed by atoms with Crippen molar-refractivity contribution in [2.24, 2.45) is 5.92 Å². The minimum Gasteiger partial charge on any atom is -0.371 e. The lowest BCUT2D eigenvalue weighted by Crippen LogP contribution is -2.35. The minimum atomic E-state index is -0.342. The molecular formula is C25H25FN2O2. The topological polar surface area (TPSA) is 42.4 Å². The highest BCUT2D eigenvalue weighted by atomic mass is 19.1. The van der Waals surface area contributed by atoms with Crippen molar-refractivity contribution in [3.8, 4) is 0 Å². The zero-order valence-corrected chi connectivity index (χ0v) is 16.8. The second-order valence-corrected chi connectivity index (χ2v) is 8.30. The molecular weight excluding hydrogens is 379 g/mol. The van der Waals surface area contributed by atoms with Gasteiger partial charge in [0.25, 0.3) is 0 Å². The van der Waals surface area contributed by atoms with Gasteiger partial charge >= 0.3 is 0 Å². The molecule has 0 radical (unpaired) electrons. The summed E-state index contributed by atoms with van der Waals surface area (Å²) in [4.78, 5) is 19.2. The van der Waals surface area contributed by atoms with Gasteiger partial charge in [-0.05, 0) is 60.6 Å². The molecule has 2 atom stereocenters. The van der Waals surface area contributed by atoms with Crippen molar-refractivity contribution < 1.29 is 13.9 Å². The molecule has 2 aromatic carbocycles. The summed E-state index contributed by atoms with van der Waals surface area (Å²) in [6.07, 6.45) is 5.22. The number of carbonyl (C=O) groups excluding carboxylic acids is 1. The first-order chi connectivity index (χ1) is 14.7. The third kappa shape index (κ3) is 3.82. The number of carbonyl (C=O) groups is 1. The van der Waals surface area contributed by atoms with E-state index in [4.69, 9.17) is 4.74 Å². The summed E-state index contributed by atoms with van der Waals surface area (Å²) in [5, 5.41) is 1.03. The molecule has 30 heavy (non-hydrogen) atoms. The standard InChI is InChI=1S/C25H25FN2O2/c26-19-11-9-18(10-12-19)24(28-15-3-6-23(28)29)25(30-16-17-7-8-17)21-13-14-27-22-5-2-1-4-20(21)22/h1-2,4-5,9-14,17,24-25H,3,6-8,15-16H2/t24?,25-/m1/s1. The summed E-state index contributed by atoms with van der Waals surface area (Å²) in [7, 11) is 0. The predicted molar refractivity (Wildman–Crippen MR) is 113 cm³/mol. The second-order valence-electron chi connectivity index (χ2n) is 8.30. The van der Waals surface area contributed by atoms with E-state index in [2.05, 4.69) is 11.1 Å². The number of halogens is 1. The highest BCUT2D eigenvalue weighted by Crippen LogP contribution is 2.42. The molecule has 3 aromatic rings. The van der Waals surface area contributed by atoms with E-state index in [-0.39, 0.29) is 23.9 Å². The largest absolute Gasteiger partial charge is 0.371 e. The number of fused-ring (bicyclic) bond motifs is 1. The molecule has 0 bridgehead atoms. The lowest BCUT2D eigenvalue weighted by Gasteiger charge is -2.35. The van der Waals surface area contributed by atoms with Crippen molar-refractivity contribution in [1.29, 1.82) is 0 Å². The van der Waals surface area contributed by atoms with E-state index < -0.39 is 0 Å². The number of ether oxygens (including phenoxy) is 1. The Morgan fingerprint density at radius 1 is 1.10 bits per heavy atom. The van der Waals surface area contributed by atoms with Crippen LogP contribution in [-0.2, 0) is 9.53 Å². The van der Waals surface area contributed by atoms with Crippen molar-refractivity contribution in [2.45, 2.75) is 37.8 Å². The molecule has 0 N–H and O–H groups in total. The van der Waals surface area contributed by atoms with Gasteiger partial charge < -0.3 is 9.64 Å². The maximum Gasteiger partial charge on any atom is 0.223 e. The van der Waals surface area contributed by atoms with Crippen LogP contribution in [0.5, 0.6) is 0 Å². The van der Waals surface area contributed by atoms with Gasteiger partial charge in [0.1, 0.15) is 11.9 Å². The van der Waals surface area contributed by atoms with Gasteiger partial charge in [-0.2, -0.15) is 0 Å². The molecule has 1 aliphatic carbocycles. The number of amides is 1. The average Bonchev–Trinajstić information content (AvgIpc) is 3.51. The van der Waals surface area contributed by atoms with Crippen LogP contribution in [0.3, 0.4) is 0 Å². The van der Waals surface area contributed by atoms with Gasteiger partial charge in [-0.1, -0.05) is 30.3 Å². The molecule has 1 aliphatic heterocycles. The Labute approximate surface area is 175 Å². The van der Waals surface area contributed by atoms with Crippen molar-refractivity contribution >= 4 is 16.8 Å². The molecule has 5 heteroatoms. The van der Waals surface area contributed by atoms with Crippen LogP contribution in [-0.4, -0.2) is 28.9 Å². The molecule has 0 spiro atoms. The smallest absolute Gasteiger partial charge is 0.223 e. The van der Waals surface area contributed by atoms with Crippen LogP contribution in [0.1, 0.15) is 49.0 Å². The minimum absolute atomic E-state index is 0.128. The third-order valence-electron chi connectivity index (χ3n) is 6.14. The van der Waals surface area contributed by atoms with Gasteiger partial charge in [-0.15, -0.1) is 0 Å². The Morgan fingerprint density at radius 3 is 2.63 bits per heavy atom. The number of nitrogens with zero attached hydrogens (tertiary/aromatic N) is 2. The van der Waals surface area contributed by atoms with Crippen LogP contribution in [0.25, 0.3) is 10.9 Å². The number of pyridine rings is 1. The van der Waals surface area contributed by atoms with Crippen LogP contribution in [0.15, 0.2) is 60.8 Å². The average molecular weight is 404 g/mol. The Bertz CT molecular complexity index is 1040. The van der Waals surface area contributed by atoms with E-state index >= 15 is 0 Å². The molecule has 1 unspecified atom stereocenters. The highest BCUT2D eigenvalue weighted by molar-refractivity contribution is 5.83. The monoisotopic (exact) mass is 404 g/mol. The summed E-state index contributed by atoms with van der Waals surface area (Å²) in [5.74, 6) is 0.432. The van der Waals surface area contributed by atoms with E-state index in [9.17, 15) is 9.18 Å². The van der Waals surface area contributed by atoms with Gasteiger partial charge in [0.15, 0.2) is 0 Å². The summed E-state index contributed by atoms with van der Waals surface area (Å²) < 4.78 is 20.2. The third-order valence-corrected chi connectivity index (χ3v) is 6.14. The fraction of sp³-hybridized carbons (Fsp3) is 0.360. The molecule has 4 nitrogen and oxygen atoms in total. The van der Waals surface area contributed by atoms with Crippen LogP contribution in [0.4, 0.5) is 4.39 Å². The quantitative estimate of drug-likeness (QED) is 0.543. The van der Waals surface area contributed by atoms with E-state index in [0.717, 1.165) is 28.5 Å². The maximum absolute atomic E-state index is 13.7. The van der Waals surface area contributed by atoms with E-state index in [1.54, 1.807) is 18.3 Å². The van der Waals surface area contributed by atoms with Crippen molar-refractivity contribution in [3.63, 3.8) is 0 Å². The molecule has 154 valence electrons. The zero-order valence-electron chi connectivity index (χ0n) is 16.8. The maximum atomic E-state index is 13.7. The molecule has 5 rings (SSSR count). The summed E-state index contributed by atoms with van der Waals surface area (Å²) in [6, 6.07) is 16.2. The van der Waals surface area contributed by atoms with E-state index in [0.29, 0.717) is 25.5 Å². The summed E-state index contributed by atoms with van der Waals surface area (Å²) in [6.45, 7) is 1.36. The number of aromatic nitrogens is 1. The Balaban J connectivity index is 1.63. The fourth-order valence-corrected chi connectivity index (χ4v) is 4.38. The SMILES string of the molecule is O=C1CCCN1C(c1ccc(F)cc1)[C@H](OCC1CC1)c1ccnc2ccccc12. The summed E-state index contributed by atoms with van der Waals surface area (Å²) >= 11 is 0. The molecule has 2 aliphatic rings. The Hall–Kier alpha value is -2.79. The molecule has 1 saturated carbocycles. The van der Waals surface area contributed by atoms with Gasteiger partial charge in [-0.25, -0.2) is 4.39 Å². The fourth-order valence-electron chi connectivity index (χ4n) is 4.38. The first kappa shape index (κ1) is 19.2. The molecule has 1 saturated heterocycles. The molecule has 1 amide bonds. The van der Waals surface area contributed by atoms with Gasteiger partial charge in [0.2, 0.25) is 5.91 Å². The van der Waals surface area contributed by atoms with Crippen molar-refractivity contribution in [2.75, 3.05) is 13.2 Å². The second kappa shape index (κ2) is 8.15. The summed E-state index contributed by atoms with van der Waals surface area (Å²) in [5.41, 5.74) is 2.82. The molecule has 1 aromatic heterocycles. The zero-order chi connectivity index (χ0) is 20.5. The van der Waals surface area contributed by atoms with E-state index in [1.807, 2.05) is 29.2 Å². The van der Waals surface area contributed by atoms with Crippen molar-refractivity contribution in [3.05, 3.63) is 77.7 Å². The lowest BCUT2D eigenvalue weighted by molar-refractivity contribution is -0.133. The predicted octanol–water partition coefficient (Wildman–Crippen LogP) is 5.21. The first-order valence-electron chi connectivity index (χ1n) is 10.7. The number of hydrogen-bond donors (Lipinski definition) is 0. The lowest BCUT2D eigenvalue weighted by atomic mass is 9.92.